The average molecular weight is 292 g/mol. The van der Waals surface area contributed by atoms with Crippen molar-refractivity contribution in [2.75, 3.05) is 7.05 Å². The summed E-state index contributed by atoms with van der Waals surface area (Å²) >= 11 is 5.73. The van der Waals surface area contributed by atoms with Crippen molar-refractivity contribution >= 4 is 11.6 Å². The number of halogens is 2. The van der Waals surface area contributed by atoms with Crippen LogP contribution in [0.3, 0.4) is 0 Å². The largest absolute Gasteiger partial charge is 0.313 e. The smallest absolute Gasteiger partial charge is 0.142 e. The lowest BCUT2D eigenvalue weighted by Gasteiger charge is -2.18. The summed E-state index contributed by atoms with van der Waals surface area (Å²) in [6.07, 6.45) is 0.818. The van der Waals surface area contributed by atoms with E-state index in [1.807, 2.05) is 13.1 Å². The van der Waals surface area contributed by atoms with Gasteiger partial charge < -0.3 is 5.32 Å². The molecule has 20 heavy (non-hydrogen) atoms. The fourth-order valence-electron chi connectivity index (χ4n) is 2.28. The molecule has 1 unspecified atom stereocenters. The van der Waals surface area contributed by atoms with E-state index in [0.29, 0.717) is 0 Å². The Morgan fingerprint density at radius 2 is 1.85 bits per heavy atom. The van der Waals surface area contributed by atoms with Gasteiger partial charge in [0.1, 0.15) is 5.82 Å². The zero-order chi connectivity index (χ0) is 14.7. The van der Waals surface area contributed by atoms with Gasteiger partial charge >= 0.3 is 0 Å². The van der Waals surface area contributed by atoms with Crippen molar-refractivity contribution in [1.29, 1.82) is 0 Å². The number of likely N-dealkylation sites (N-methyl/N-ethyl adjacent to an activating group) is 1. The summed E-state index contributed by atoms with van der Waals surface area (Å²) in [5.74, 6) is -0.371. The molecule has 0 bridgehead atoms. The highest BCUT2D eigenvalue weighted by Gasteiger charge is 2.12. The van der Waals surface area contributed by atoms with Gasteiger partial charge in [0.2, 0.25) is 0 Å². The SMILES string of the molecule is CNC(Cc1ccc(C)c(C)c1)c1ccc(Cl)c(F)c1. The minimum atomic E-state index is -0.371. The van der Waals surface area contributed by atoms with Crippen molar-refractivity contribution in [2.45, 2.75) is 26.3 Å². The van der Waals surface area contributed by atoms with E-state index >= 15 is 0 Å². The van der Waals surface area contributed by atoms with Crippen LogP contribution in [0.15, 0.2) is 36.4 Å². The third-order valence-electron chi connectivity index (χ3n) is 3.71. The van der Waals surface area contributed by atoms with Crippen LogP contribution in [0.25, 0.3) is 0 Å². The van der Waals surface area contributed by atoms with Gasteiger partial charge in [-0.15, -0.1) is 0 Å². The van der Waals surface area contributed by atoms with Gasteiger partial charge in [0.05, 0.1) is 5.02 Å². The van der Waals surface area contributed by atoms with Crippen molar-refractivity contribution in [3.05, 3.63) is 69.5 Å². The summed E-state index contributed by atoms with van der Waals surface area (Å²) in [4.78, 5) is 0. The molecule has 0 amide bonds. The summed E-state index contributed by atoms with van der Waals surface area (Å²) in [7, 11) is 1.89. The van der Waals surface area contributed by atoms with Gasteiger partial charge in [-0.3, -0.25) is 0 Å². The third kappa shape index (κ3) is 3.38. The van der Waals surface area contributed by atoms with Crippen LogP contribution in [-0.2, 0) is 6.42 Å². The molecule has 3 heteroatoms. The van der Waals surface area contributed by atoms with Crippen LogP contribution < -0.4 is 5.32 Å². The molecule has 1 N–H and O–H groups in total. The van der Waals surface area contributed by atoms with Gasteiger partial charge in [0.15, 0.2) is 0 Å². The number of benzene rings is 2. The second-order valence-electron chi connectivity index (χ2n) is 5.14. The molecular weight excluding hydrogens is 273 g/mol. The van der Waals surface area contributed by atoms with Crippen LogP contribution in [-0.4, -0.2) is 7.05 Å². The predicted octanol–water partition coefficient (Wildman–Crippen LogP) is 4.60. The quantitative estimate of drug-likeness (QED) is 0.868. The number of nitrogens with one attached hydrogen (secondary N) is 1. The third-order valence-corrected chi connectivity index (χ3v) is 4.01. The van der Waals surface area contributed by atoms with Crippen molar-refractivity contribution < 1.29 is 4.39 Å². The first-order valence-corrected chi connectivity index (χ1v) is 7.07. The van der Waals surface area contributed by atoms with Gasteiger partial charge in [0.25, 0.3) is 0 Å². The molecule has 0 fully saturated rings. The first-order chi connectivity index (χ1) is 9.51. The molecule has 0 aromatic heterocycles. The van der Waals surface area contributed by atoms with E-state index in [0.717, 1.165) is 12.0 Å². The number of rotatable bonds is 4. The molecule has 0 aliphatic heterocycles. The van der Waals surface area contributed by atoms with Gasteiger partial charge in [-0.2, -0.15) is 0 Å². The standard InChI is InChI=1S/C17H19ClFN/c1-11-4-5-13(8-12(11)2)9-17(20-3)14-6-7-15(18)16(19)10-14/h4-8,10,17,20H,9H2,1-3H3. The van der Waals surface area contributed by atoms with Crippen molar-refractivity contribution in [3.63, 3.8) is 0 Å². The van der Waals surface area contributed by atoms with Crippen molar-refractivity contribution in [3.8, 4) is 0 Å². The van der Waals surface area contributed by atoms with Crippen molar-refractivity contribution in [1.82, 2.24) is 5.32 Å². The normalized spacial score (nSPS) is 12.4. The molecule has 2 aromatic carbocycles. The Morgan fingerprint density at radius 3 is 2.45 bits per heavy atom. The molecule has 0 aliphatic carbocycles. The molecule has 0 spiro atoms. The zero-order valence-corrected chi connectivity index (χ0v) is 12.8. The molecule has 2 aromatic rings. The van der Waals surface area contributed by atoms with Crippen LogP contribution in [0, 0.1) is 19.7 Å². The summed E-state index contributed by atoms with van der Waals surface area (Å²) in [5.41, 5.74) is 4.71. The Labute approximate surface area is 124 Å². The van der Waals surface area contributed by atoms with E-state index in [1.165, 1.54) is 22.8 Å². The predicted molar refractivity (Wildman–Crippen MR) is 82.8 cm³/mol. The maximum absolute atomic E-state index is 13.6. The van der Waals surface area contributed by atoms with E-state index in [9.17, 15) is 4.39 Å². The lowest BCUT2D eigenvalue weighted by Crippen LogP contribution is -2.19. The summed E-state index contributed by atoms with van der Waals surface area (Å²) in [5, 5.41) is 3.40. The molecule has 1 atom stereocenters. The maximum atomic E-state index is 13.6. The highest BCUT2D eigenvalue weighted by molar-refractivity contribution is 6.30. The summed E-state index contributed by atoms with van der Waals surface area (Å²) in [6.45, 7) is 4.21. The Balaban J connectivity index is 2.23. The Morgan fingerprint density at radius 1 is 1.10 bits per heavy atom. The van der Waals surface area contributed by atoms with Gasteiger partial charge in [-0.25, -0.2) is 4.39 Å². The van der Waals surface area contributed by atoms with Crippen LogP contribution in [0.1, 0.15) is 28.3 Å². The van der Waals surface area contributed by atoms with Gasteiger partial charge in [-0.1, -0.05) is 35.9 Å². The average Bonchev–Trinajstić information content (AvgIpc) is 2.43. The highest BCUT2D eigenvalue weighted by atomic mass is 35.5. The van der Waals surface area contributed by atoms with Crippen LogP contribution >= 0.6 is 11.6 Å². The molecule has 0 aliphatic rings. The second kappa shape index (κ2) is 6.38. The van der Waals surface area contributed by atoms with E-state index in [2.05, 4.69) is 37.4 Å². The summed E-state index contributed by atoms with van der Waals surface area (Å²) < 4.78 is 13.6. The molecule has 2 rings (SSSR count). The number of aryl methyl sites for hydroxylation is 2. The Hall–Kier alpha value is -1.38. The van der Waals surface area contributed by atoms with Crippen LogP contribution in [0.2, 0.25) is 5.02 Å². The van der Waals surface area contributed by atoms with E-state index < -0.39 is 0 Å². The molecule has 0 heterocycles. The maximum Gasteiger partial charge on any atom is 0.142 e. The molecular formula is C17H19ClFN. The Bertz CT molecular complexity index is 610. The summed E-state index contributed by atoms with van der Waals surface area (Å²) in [6, 6.07) is 11.5. The van der Waals surface area contributed by atoms with E-state index in [4.69, 9.17) is 11.6 Å². The van der Waals surface area contributed by atoms with Gasteiger partial charge in [0, 0.05) is 6.04 Å². The fraction of sp³-hybridized carbons (Fsp3) is 0.294. The zero-order valence-electron chi connectivity index (χ0n) is 12.0. The molecule has 1 nitrogen and oxygen atoms in total. The van der Waals surface area contributed by atoms with E-state index in [1.54, 1.807) is 6.07 Å². The minimum absolute atomic E-state index is 0.0730. The van der Waals surface area contributed by atoms with Gasteiger partial charge in [-0.05, 0) is 61.7 Å². The highest BCUT2D eigenvalue weighted by Crippen LogP contribution is 2.23. The molecule has 0 radical (unpaired) electrons. The topological polar surface area (TPSA) is 12.0 Å². The lowest BCUT2D eigenvalue weighted by molar-refractivity contribution is 0.577. The lowest BCUT2D eigenvalue weighted by atomic mass is 9.96. The van der Waals surface area contributed by atoms with E-state index in [-0.39, 0.29) is 16.9 Å². The van der Waals surface area contributed by atoms with Crippen LogP contribution in [0.4, 0.5) is 4.39 Å². The first-order valence-electron chi connectivity index (χ1n) is 6.69. The van der Waals surface area contributed by atoms with Crippen LogP contribution in [0.5, 0.6) is 0 Å². The number of hydrogen-bond donors (Lipinski definition) is 1. The monoisotopic (exact) mass is 291 g/mol. The molecule has 0 saturated heterocycles. The first kappa shape index (κ1) is 15.0. The fourth-order valence-corrected chi connectivity index (χ4v) is 2.40. The Kier molecular flexibility index (Phi) is 4.79. The number of hydrogen-bond acceptors (Lipinski definition) is 1. The second-order valence-corrected chi connectivity index (χ2v) is 5.54. The molecule has 106 valence electrons. The molecule has 0 saturated carbocycles. The minimum Gasteiger partial charge on any atom is -0.313 e. The van der Waals surface area contributed by atoms with Crippen molar-refractivity contribution in [2.24, 2.45) is 0 Å².